The van der Waals surface area contributed by atoms with Gasteiger partial charge in [-0.15, -0.1) is 0 Å². The highest BCUT2D eigenvalue weighted by molar-refractivity contribution is 5.69. The Morgan fingerprint density at radius 3 is 2.05 bits per heavy atom. The summed E-state index contributed by atoms with van der Waals surface area (Å²) in [7, 11) is 0. The molecule has 100 valence electrons. The molecule has 1 heterocycles. The van der Waals surface area contributed by atoms with Crippen LogP contribution in [0.5, 0.6) is 0 Å². The van der Waals surface area contributed by atoms with E-state index >= 15 is 0 Å². The van der Waals surface area contributed by atoms with E-state index in [1.165, 1.54) is 16.7 Å². The molecule has 0 bridgehead atoms. The van der Waals surface area contributed by atoms with Crippen molar-refractivity contribution in [3.05, 3.63) is 51.5 Å². The maximum atomic E-state index is 13.6. The number of aryl methyl sites for hydroxylation is 3. The first-order valence-electron chi connectivity index (χ1n) is 6.54. The molecule has 0 saturated heterocycles. The molecule has 1 nitrogen and oxygen atoms in total. The second-order valence-corrected chi connectivity index (χ2v) is 5.34. The van der Waals surface area contributed by atoms with Gasteiger partial charge in [0.25, 0.3) is 0 Å². The zero-order chi connectivity index (χ0) is 14.3. The lowest BCUT2D eigenvalue weighted by Gasteiger charge is -2.15. The summed E-state index contributed by atoms with van der Waals surface area (Å²) in [6.07, 6.45) is 0. The summed E-state index contributed by atoms with van der Waals surface area (Å²) in [5, 5.41) is 0. The van der Waals surface area contributed by atoms with Crippen LogP contribution in [0.25, 0.3) is 11.3 Å². The van der Waals surface area contributed by atoms with Gasteiger partial charge < -0.3 is 0 Å². The molecule has 0 N–H and O–H groups in total. The number of pyridine rings is 1. The molecule has 0 atom stereocenters. The molecular formula is C17H20FN. The lowest BCUT2D eigenvalue weighted by Crippen LogP contribution is -2.01. The Labute approximate surface area is 114 Å². The number of benzene rings is 1. The summed E-state index contributed by atoms with van der Waals surface area (Å²) in [5.74, 6) is -0.153. The third-order valence-corrected chi connectivity index (χ3v) is 4.06. The fourth-order valence-electron chi connectivity index (χ4n) is 2.36. The molecule has 0 fully saturated rings. The minimum absolute atomic E-state index is 0.153. The van der Waals surface area contributed by atoms with Crippen molar-refractivity contribution in [3.8, 4) is 11.3 Å². The molecule has 2 aromatic rings. The molecule has 0 aliphatic carbocycles. The smallest absolute Gasteiger partial charge is 0.126 e. The van der Waals surface area contributed by atoms with Crippen LogP contribution in [0, 0.1) is 47.4 Å². The number of nitrogens with zero attached hydrogens (tertiary/aromatic N) is 1. The first-order chi connectivity index (χ1) is 8.82. The van der Waals surface area contributed by atoms with Crippen molar-refractivity contribution in [2.75, 3.05) is 0 Å². The van der Waals surface area contributed by atoms with Crippen LogP contribution in [0.3, 0.4) is 0 Å². The Morgan fingerprint density at radius 1 is 0.789 bits per heavy atom. The second kappa shape index (κ2) is 4.76. The van der Waals surface area contributed by atoms with E-state index in [4.69, 9.17) is 4.98 Å². The van der Waals surface area contributed by atoms with Gasteiger partial charge in [0, 0.05) is 11.3 Å². The molecular weight excluding hydrogens is 237 g/mol. The van der Waals surface area contributed by atoms with Crippen molar-refractivity contribution in [2.45, 2.75) is 41.5 Å². The predicted molar refractivity (Wildman–Crippen MR) is 78.1 cm³/mol. The summed E-state index contributed by atoms with van der Waals surface area (Å²) in [6, 6.07) is 3.49. The van der Waals surface area contributed by atoms with E-state index in [-0.39, 0.29) is 5.82 Å². The first kappa shape index (κ1) is 13.7. The third kappa shape index (κ3) is 2.27. The Morgan fingerprint density at radius 2 is 1.42 bits per heavy atom. The zero-order valence-corrected chi connectivity index (χ0v) is 12.5. The topological polar surface area (TPSA) is 12.9 Å². The average Bonchev–Trinajstić information content (AvgIpc) is 2.36. The van der Waals surface area contributed by atoms with E-state index in [1.807, 2.05) is 19.9 Å². The van der Waals surface area contributed by atoms with Crippen LogP contribution in [-0.2, 0) is 0 Å². The van der Waals surface area contributed by atoms with E-state index in [9.17, 15) is 4.39 Å². The molecule has 2 rings (SSSR count). The Hall–Kier alpha value is -1.70. The molecule has 19 heavy (non-hydrogen) atoms. The molecule has 1 aromatic heterocycles. The summed E-state index contributed by atoms with van der Waals surface area (Å²) in [6.45, 7) is 12.1. The minimum Gasteiger partial charge on any atom is -0.253 e. The van der Waals surface area contributed by atoms with Gasteiger partial charge in [-0.3, -0.25) is 4.98 Å². The molecule has 1 aromatic carbocycles. The van der Waals surface area contributed by atoms with Crippen LogP contribution in [0.4, 0.5) is 4.39 Å². The van der Waals surface area contributed by atoms with Crippen molar-refractivity contribution in [3.63, 3.8) is 0 Å². The molecule has 0 unspecified atom stereocenters. The number of aromatic nitrogens is 1. The monoisotopic (exact) mass is 257 g/mol. The van der Waals surface area contributed by atoms with Crippen LogP contribution in [0.1, 0.15) is 33.5 Å². The average molecular weight is 257 g/mol. The normalized spacial score (nSPS) is 10.9. The lowest BCUT2D eigenvalue weighted by molar-refractivity contribution is 0.617. The standard InChI is InChI=1S/C17H20FN/c1-9-8-16(18)10(2)7-15(9)17-13(5)11(3)12(4)14(6)19-17/h7-8H,1-6H3. The number of hydrogen-bond donors (Lipinski definition) is 0. The van der Waals surface area contributed by atoms with E-state index in [2.05, 4.69) is 20.8 Å². The number of rotatable bonds is 1. The maximum absolute atomic E-state index is 13.6. The summed E-state index contributed by atoms with van der Waals surface area (Å²) in [4.78, 5) is 4.71. The summed E-state index contributed by atoms with van der Waals surface area (Å²) < 4.78 is 13.6. The molecule has 0 aliphatic heterocycles. The molecule has 0 saturated carbocycles. The Balaban J connectivity index is 2.76. The molecule has 0 amide bonds. The zero-order valence-electron chi connectivity index (χ0n) is 12.5. The highest BCUT2D eigenvalue weighted by Gasteiger charge is 2.14. The van der Waals surface area contributed by atoms with Gasteiger partial charge in [-0.05, 0) is 81.5 Å². The van der Waals surface area contributed by atoms with Crippen LogP contribution >= 0.6 is 0 Å². The quantitative estimate of drug-likeness (QED) is 0.719. The van der Waals surface area contributed by atoms with Gasteiger partial charge in [0.2, 0.25) is 0 Å². The SMILES string of the molecule is Cc1cc(-c2nc(C)c(C)c(C)c2C)c(C)cc1F. The van der Waals surface area contributed by atoms with Crippen molar-refractivity contribution >= 4 is 0 Å². The highest BCUT2D eigenvalue weighted by Crippen LogP contribution is 2.30. The molecule has 0 aliphatic rings. The van der Waals surface area contributed by atoms with Gasteiger partial charge in [-0.1, -0.05) is 0 Å². The summed E-state index contributed by atoms with van der Waals surface area (Å²) in [5.41, 5.74) is 8.32. The van der Waals surface area contributed by atoms with Gasteiger partial charge in [0.15, 0.2) is 0 Å². The summed E-state index contributed by atoms with van der Waals surface area (Å²) >= 11 is 0. The molecule has 0 radical (unpaired) electrons. The van der Waals surface area contributed by atoms with Crippen molar-refractivity contribution < 1.29 is 4.39 Å². The molecule has 0 spiro atoms. The fourth-order valence-corrected chi connectivity index (χ4v) is 2.36. The Bertz CT molecular complexity index is 657. The van der Waals surface area contributed by atoms with Gasteiger partial charge >= 0.3 is 0 Å². The van der Waals surface area contributed by atoms with E-state index in [1.54, 1.807) is 13.0 Å². The van der Waals surface area contributed by atoms with Gasteiger partial charge in [-0.25, -0.2) is 4.39 Å². The van der Waals surface area contributed by atoms with Gasteiger partial charge in [0.05, 0.1) is 5.69 Å². The van der Waals surface area contributed by atoms with Gasteiger partial charge in [-0.2, -0.15) is 0 Å². The number of hydrogen-bond acceptors (Lipinski definition) is 1. The van der Waals surface area contributed by atoms with Crippen molar-refractivity contribution in [1.82, 2.24) is 4.98 Å². The molecule has 2 heteroatoms. The van der Waals surface area contributed by atoms with E-state index in [0.29, 0.717) is 5.56 Å². The lowest BCUT2D eigenvalue weighted by atomic mass is 9.94. The number of halogens is 1. The van der Waals surface area contributed by atoms with Crippen LogP contribution in [0.15, 0.2) is 12.1 Å². The van der Waals surface area contributed by atoms with Crippen LogP contribution in [0.2, 0.25) is 0 Å². The second-order valence-electron chi connectivity index (χ2n) is 5.34. The van der Waals surface area contributed by atoms with Crippen molar-refractivity contribution in [2.24, 2.45) is 0 Å². The van der Waals surface area contributed by atoms with Gasteiger partial charge in [0.1, 0.15) is 5.82 Å². The van der Waals surface area contributed by atoms with Crippen LogP contribution in [-0.4, -0.2) is 4.98 Å². The van der Waals surface area contributed by atoms with E-state index < -0.39 is 0 Å². The Kier molecular flexibility index (Phi) is 3.44. The minimum atomic E-state index is -0.153. The predicted octanol–water partition coefficient (Wildman–Crippen LogP) is 4.74. The van der Waals surface area contributed by atoms with E-state index in [0.717, 1.165) is 22.5 Å². The fraction of sp³-hybridized carbons (Fsp3) is 0.353. The first-order valence-corrected chi connectivity index (χ1v) is 6.54. The highest BCUT2D eigenvalue weighted by atomic mass is 19.1. The maximum Gasteiger partial charge on any atom is 0.126 e. The van der Waals surface area contributed by atoms with Crippen molar-refractivity contribution in [1.29, 1.82) is 0 Å². The largest absolute Gasteiger partial charge is 0.253 e. The van der Waals surface area contributed by atoms with Crippen LogP contribution < -0.4 is 0 Å². The third-order valence-electron chi connectivity index (χ3n) is 4.06.